The zero-order chi connectivity index (χ0) is 23.5. The average Bonchev–Trinajstić information content (AvgIpc) is 3.49. The van der Waals surface area contributed by atoms with Crippen LogP contribution in [0.25, 0.3) is 5.69 Å². The van der Waals surface area contributed by atoms with Crippen LogP contribution in [-0.4, -0.2) is 28.4 Å². The molecule has 1 N–H and O–H groups in total. The van der Waals surface area contributed by atoms with Gasteiger partial charge in [-0.05, 0) is 91.9 Å². The first-order valence-corrected chi connectivity index (χ1v) is 11.7. The predicted molar refractivity (Wildman–Crippen MR) is 138 cm³/mol. The maximum absolute atomic E-state index is 5.85. The van der Waals surface area contributed by atoms with E-state index in [1.54, 1.807) is 7.11 Å². The lowest BCUT2D eigenvalue weighted by molar-refractivity contribution is 0.340. The highest BCUT2D eigenvalue weighted by Gasteiger charge is 2.42. The molecule has 0 unspecified atom stereocenters. The van der Waals surface area contributed by atoms with E-state index in [0.29, 0.717) is 11.7 Å². The van der Waals surface area contributed by atoms with Gasteiger partial charge in [-0.3, -0.25) is 4.98 Å². The molecule has 2 aromatic carbocycles. The monoisotopic (exact) mass is 470 g/mol. The molecule has 1 fully saturated rings. The fraction of sp³-hybridized carbons (Fsp3) is 0.185. The number of aromatic nitrogens is 2. The second kappa shape index (κ2) is 9.57. The molecule has 0 aliphatic carbocycles. The Hall–Kier alpha value is -3.84. The SMILES string of the molecule is CCOc1ccc(-n2cccc2[C@H]2[C@H](c3ccccn3)NC(=S)N2c2ccc(OC)cc2)cc1. The lowest BCUT2D eigenvalue weighted by Crippen LogP contribution is -2.30. The molecule has 1 aliphatic heterocycles. The Morgan fingerprint density at radius 1 is 0.912 bits per heavy atom. The number of anilines is 1. The van der Waals surface area contributed by atoms with Crippen molar-refractivity contribution in [2.24, 2.45) is 0 Å². The number of nitrogens with one attached hydrogen (secondary N) is 1. The average molecular weight is 471 g/mol. The molecule has 172 valence electrons. The minimum Gasteiger partial charge on any atom is -0.497 e. The summed E-state index contributed by atoms with van der Waals surface area (Å²) >= 11 is 5.85. The van der Waals surface area contributed by atoms with Crippen molar-refractivity contribution >= 4 is 23.0 Å². The molecule has 1 saturated heterocycles. The Balaban J connectivity index is 1.60. The second-order valence-corrected chi connectivity index (χ2v) is 8.31. The lowest BCUT2D eigenvalue weighted by atomic mass is 10.0. The molecule has 0 amide bonds. The van der Waals surface area contributed by atoms with E-state index < -0.39 is 0 Å². The van der Waals surface area contributed by atoms with Crippen LogP contribution >= 0.6 is 12.2 Å². The number of rotatable bonds is 7. The Morgan fingerprint density at radius 3 is 2.32 bits per heavy atom. The van der Waals surface area contributed by atoms with E-state index in [1.165, 1.54) is 0 Å². The number of ether oxygens (including phenoxy) is 2. The number of methoxy groups -OCH3 is 1. The molecule has 6 nitrogen and oxygen atoms in total. The van der Waals surface area contributed by atoms with Gasteiger partial charge in [0.25, 0.3) is 0 Å². The maximum atomic E-state index is 5.85. The molecule has 0 bridgehead atoms. The van der Waals surface area contributed by atoms with E-state index >= 15 is 0 Å². The summed E-state index contributed by atoms with van der Waals surface area (Å²) in [4.78, 5) is 6.81. The summed E-state index contributed by atoms with van der Waals surface area (Å²) in [6, 6.07) is 26.1. The van der Waals surface area contributed by atoms with Crippen molar-refractivity contribution < 1.29 is 9.47 Å². The van der Waals surface area contributed by atoms with Crippen molar-refractivity contribution in [3.05, 3.63) is 103 Å². The van der Waals surface area contributed by atoms with Crippen molar-refractivity contribution in [3.8, 4) is 17.2 Å². The van der Waals surface area contributed by atoms with E-state index in [1.807, 2.05) is 67.7 Å². The number of nitrogens with zero attached hydrogens (tertiary/aromatic N) is 3. The van der Waals surface area contributed by atoms with E-state index in [4.69, 9.17) is 21.7 Å². The van der Waals surface area contributed by atoms with Crippen molar-refractivity contribution in [2.45, 2.75) is 19.0 Å². The van der Waals surface area contributed by atoms with Crippen LogP contribution in [0.1, 0.15) is 30.4 Å². The van der Waals surface area contributed by atoms with Gasteiger partial charge in [0.1, 0.15) is 17.5 Å². The largest absolute Gasteiger partial charge is 0.497 e. The number of thiocarbonyl (C=S) groups is 1. The standard InChI is InChI=1S/C27H26N4O2S/c1-3-33-22-15-9-19(10-16-22)30-18-6-8-24(30)26-25(23-7-4-5-17-28-23)29-27(34)31(26)20-11-13-21(32-2)14-12-20/h4-18,25-26H,3H2,1-2H3,(H,29,34)/t25-,26-/m0/s1. The topological polar surface area (TPSA) is 51.5 Å². The van der Waals surface area contributed by atoms with Crippen LogP contribution in [0.15, 0.2) is 91.3 Å². The maximum Gasteiger partial charge on any atom is 0.174 e. The fourth-order valence-corrected chi connectivity index (χ4v) is 4.76. The van der Waals surface area contributed by atoms with Crippen LogP contribution in [-0.2, 0) is 0 Å². The number of pyridine rings is 1. The molecule has 5 rings (SSSR count). The third-order valence-corrected chi connectivity index (χ3v) is 6.27. The fourth-order valence-electron chi connectivity index (χ4n) is 4.42. The molecule has 0 radical (unpaired) electrons. The lowest BCUT2D eigenvalue weighted by Gasteiger charge is -2.29. The van der Waals surface area contributed by atoms with Crippen LogP contribution in [0.5, 0.6) is 11.5 Å². The Morgan fingerprint density at radius 2 is 1.65 bits per heavy atom. The third-order valence-electron chi connectivity index (χ3n) is 5.96. The number of hydrogen-bond acceptors (Lipinski definition) is 4. The summed E-state index contributed by atoms with van der Waals surface area (Å²) in [7, 11) is 1.67. The predicted octanol–water partition coefficient (Wildman–Crippen LogP) is 5.46. The molecule has 3 heterocycles. The van der Waals surface area contributed by atoms with Crippen molar-refractivity contribution in [2.75, 3.05) is 18.6 Å². The molecule has 7 heteroatoms. The molecule has 0 saturated carbocycles. The van der Waals surface area contributed by atoms with Crippen LogP contribution in [0.4, 0.5) is 5.69 Å². The van der Waals surface area contributed by atoms with Crippen molar-refractivity contribution in [3.63, 3.8) is 0 Å². The van der Waals surface area contributed by atoms with Crippen LogP contribution in [0.3, 0.4) is 0 Å². The van der Waals surface area contributed by atoms with Crippen molar-refractivity contribution in [1.29, 1.82) is 0 Å². The van der Waals surface area contributed by atoms with Gasteiger partial charge in [0, 0.05) is 29.5 Å². The zero-order valence-corrected chi connectivity index (χ0v) is 19.9. The van der Waals surface area contributed by atoms with E-state index in [-0.39, 0.29) is 12.1 Å². The summed E-state index contributed by atoms with van der Waals surface area (Å²) in [6.07, 6.45) is 3.90. The van der Waals surface area contributed by atoms with Gasteiger partial charge in [-0.25, -0.2) is 0 Å². The van der Waals surface area contributed by atoms with Crippen LogP contribution in [0, 0.1) is 0 Å². The van der Waals surface area contributed by atoms with Gasteiger partial charge in [-0.15, -0.1) is 0 Å². The molecule has 4 aromatic rings. The molecule has 2 aromatic heterocycles. The Labute approximate surface area is 204 Å². The van der Waals surface area contributed by atoms with Gasteiger partial charge in [-0.2, -0.15) is 0 Å². The van der Waals surface area contributed by atoms with Gasteiger partial charge in [0.2, 0.25) is 0 Å². The number of benzene rings is 2. The van der Waals surface area contributed by atoms with Gasteiger partial charge in [0.05, 0.1) is 25.5 Å². The quantitative estimate of drug-likeness (QED) is 0.362. The van der Waals surface area contributed by atoms with Crippen molar-refractivity contribution in [1.82, 2.24) is 14.9 Å². The molecule has 1 aliphatic rings. The van der Waals surface area contributed by atoms with Gasteiger partial charge < -0.3 is 24.3 Å². The zero-order valence-electron chi connectivity index (χ0n) is 19.1. The third kappa shape index (κ3) is 4.10. The summed E-state index contributed by atoms with van der Waals surface area (Å²) in [6.45, 7) is 2.63. The first-order valence-electron chi connectivity index (χ1n) is 11.2. The van der Waals surface area contributed by atoms with Gasteiger partial charge in [0.15, 0.2) is 5.11 Å². The molecular formula is C27H26N4O2S. The normalized spacial score (nSPS) is 17.5. The van der Waals surface area contributed by atoms with E-state index in [2.05, 4.69) is 50.2 Å². The van der Waals surface area contributed by atoms with Gasteiger partial charge in [-0.1, -0.05) is 6.07 Å². The van der Waals surface area contributed by atoms with Crippen LogP contribution < -0.4 is 19.7 Å². The van der Waals surface area contributed by atoms with Crippen LogP contribution in [0.2, 0.25) is 0 Å². The Bertz CT molecular complexity index is 1260. The second-order valence-electron chi connectivity index (χ2n) is 7.92. The first kappa shape index (κ1) is 22.0. The van der Waals surface area contributed by atoms with E-state index in [0.717, 1.165) is 34.3 Å². The van der Waals surface area contributed by atoms with E-state index in [9.17, 15) is 0 Å². The van der Waals surface area contributed by atoms with Gasteiger partial charge >= 0.3 is 0 Å². The number of hydrogen-bond donors (Lipinski definition) is 1. The molecule has 2 atom stereocenters. The Kier molecular flexibility index (Phi) is 6.18. The minimum atomic E-state index is -0.118. The molecule has 34 heavy (non-hydrogen) atoms. The highest BCUT2D eigenvalue weighted by atomic mass is 32.1. The molecule has 0 spiro atoms. The smallest absolute Gasteiger partial charge is 0.174 e. The summed E-state index contributed by atoms with van der Waals surface area (Å²) in [5.41, 5.74) is 4.07. The molecular weight excluding hydrogens is 444 g/mol. The minimum absolute atomic E-state index is 0.114. The highest BCUT2D eigenvalue weighted by molar-refractivity contribution is 7.80. The summed E-state index contributed by atoms with van der Waals surface area (Å²) in [5.74, 6) is 1.66. The highest BCUT2D eigenvalue weighted by Crippen LogP contribution is 2.42. The first-order chi connectivity index (χ1) is 16.7. The summed E-state index contributed by atoms with van der Waals surface area (Å²) < 4.78 is 13.2. The summed E-state index contributed by atoms with van der Waals surface area (Å²) in [5, 5.41) is 4.18.